The van der Waals surface area contributed by atoms with Crippen molar-refractivity contribution in [2.45, 2.75) is 32.5 Å². The van der Waals surface area contributed by atoms with Crippen molar-refractivity contribution < 1.29 is 4.79 Å². The highest BCUT2D eigenvalue weighted by Crippen LogP contribution is 2.35. The van der Waals surface area contributed by atoms with Gasteiger partial charge in [-0.3, -0.25) is 15.1 Å². The Morgan fingerprint density at radius 2 is 2.19 bits per heavy atom. The van der Waals surface area contributed by atoms with Crippen LogP contribution in [0.1, 0.15) is 30.5 Å². The molecule has 2 N–H and O–H groups in total. The largest absolute Gasteiger partial charge is 0.287 e. The highest BCUT2D eigenvalue weighted by Gasteiger charge is 2.47. The summed E-state index contributed by atoms with van der Waals surface area (Å²) in [5.74, 6) is -0.224. The standard InChI is InChI=1S/C16H20N4O/c1-3-12-14(13-7-5-4-6-10(13)2)19-15-11(8-17)9-18-20(15)16(12)21/h4-7,11-12,14-15,18-19H,3,9H2,1-2H3. The molecule has 0 radical (unpaired) electrons. The average molecular weight is 284 g/mol. The van der Waals surface area contributed by atoms with E-state index < -0.39 is 0 Å². The molecule has 1 amide bonds. The molecule has 2 saturated heterocycles. The van der Waals surface area contributed by atoms with Gasteiger partial charge in [-0.15, -0.1) is 0 Å². The van der Waals surface area contributed by atoms with Crippen molar-refractivity contribution >= 4 is 5.91 Å². The normalized spacial score (nSPS) is 31.9. The molecule has 3 rings (SSSR count). The number of carbonyl (C=O) groups is 1. The Bertz CT molecular complexity index is 594. The fourth-order valence-corrected chi connectivity index (χ4v) is 3.38. The van der Waals surface area contributed by atoms with Crippen LogP contribution in [0.25, 0.3) is 0 Å². The SMILES string of the molecule is CCC1C(=O)N2NCC(C#N)C2NC1c1ccccc1C. The summed E-state index contributed by atoms with van der Waals surface area (Å²) in [5.41, 5.74) is 5.39. The number of benzene rings is 1. The van der Waals surface area contributed by atoms with Gasteiger partial charge in [-0.25, -0.2) is 5.43 Å². The van der Waals surface area contributed by atoms with Gasteiger partial charge in [0.25, 0.3) is 0 Å². The second-order valence-corrected chi connectivity index (χ2v) is 5.77. The molecule has 5 nitrogen and oxygen atoms in total. The Balaban J connectivity index is 1.98. The van der Waals surface area contributed by atoms with Crippen LogP contribution < -0.4 is 10.7 Å². The molecule has 0 aliphatic carbocycles. The van der Waals surface area contributed by atoms with Crippen LogP contribution in [-0.4, -0.2) is 23.6 Å². The van der Waals surface area contributed by atoms with Crippen molar-refractivity contribution in [3.8, 4) is 6.07 Å². The van der Waals surface area contributed by atoms with Crippen molar-refractivity contribution in [1.29, 1.82) is 5.26 Å². The first-order valence-corrected chi connectivity index (χ1v) is 7.45. The third-order valence-electron chi connectivity index (χ3n) is 4.58. The third-order valence-corrected chi connectivity index (χ3v) is 4.58. The molecule has 2 fully saturated rings. The van der Waals surface area contributed by atoms with Crippen LogP contribution in [0.5, 0.6) is 0 Å². The first kappa shape index (κ1) is 14.1. The van der Waals surface area contributed by atoms with Crippen LogP contribution in [0.4, 0.5) is 0 Å². The molecule has 110 valence electrons. The first-order chi connectivity index (χ1) is 10.2. The lowest BCUT2D eigenvalue weighted by Crippen LogP contribution is -2.60. The van der Waals surface area contributed by atoms with E-state index in [1.54, 1.807) is 5.01 Å². The fraction of sp³-hybridized carbons (Fsp3) is 0.500. The van der Waals surface area contributed by atoms with Crippen LogP contribution in [-0.2, 0) is 4.79 Å². The summed E-state index contributed by atoms with van der Waals surface area (Å²) >= 11 is 0. The predicted octanol–water partition coefficient (Wildman–Crippen LogP) is 1.48. The van der Waals surface area contributed by atoms with Crippen LogP contribution in [0.15, 0.2) is 24.3 Å². The Hall–Kier alpha value is -1.90. The molecule has 0 saturated carbocycles. The van der Waals surface area contributed by atoms with Gasteiger partial charge in [-0.05, 0) is 24.5 Å². The summed E-state index contributed by atoms with van der Waals surface area (Å²) in [5, 5.41) is 14.4. The number of aryl methyl sites for hydroxylation is 1. The zero-order chi connectivity index (χ0) is 15.0. The lowest BCUT2D eigenvalue weighted by Gasteiger charge is -2.41. The topological polar surface area (TPSA) is 68.2 Å². The molecule has 2 aliphatic rings. The number of hydrazine groups is 1. The number of hydrogen-bond donors (Lipinski definition) is 2. The second kappa shape index (κ2) is 5.47. The van der Waals surface area contributed by atoms with E-state index in [-0.39, 0.29) is 30.0 Å². The van der Waals surface area contributed by atoms with Crippen LogP contribution >= 0.6 is 0 Å². The van der Waals surface area contributed by atoms with E-state index in [9.17, 15) is 10.1 Å². The molecule has 21 heavy (non-hydrogen) atoms. The summed E-state index contributed by atoms with van der Waals surface area (Å²) in [7, 11) is 0. The maximum atomic E-state index is 12.7. The Morgan fingerprint density at radius 1 is 1.43 bits per heavy atom. The van der Waals surface area contributed by atoms with Crippen LogP contribution in [0, 0.1) is 30.1 Å². The van der Waals surface area contributed by atoms with Gasteiger partial charge in [0.15, 0.2) is 0 Å². The number of hydrogen-bond acceptors (Lipinski definition) is 4. The van der Waals surface area contributed by atoms with Gasteiger partial charge in [0.1, 0.15) is 6.17 Å². The summed E-state index contributed by atoms with van der Waals surface area (Å²) in [6, 6.07) is 10.4. The maximum Gasteiger partial charge on any atom is 0.243 e. The number of fused-ring (bicyclic) bond motifs is 1. The smallest absolute Gasteiger partial charge is 0.243 e. The van der Waals surface area contributed by atoms with Gasteiger partial charge < -0.3 is 0 Å². The zero-order valence-electron chi connectivity index (χ0n) is 12.3. The summed E-state index contributed by atoms with van der Waals surface area (Å²) in [6.07, 6.45) is 0.530. The van der Waals surface area contributed by atoms with Gasteiger partial charge >= 0.3 is 0 Å². The fourth-order valence-electron chi connectivity index (χ4n) is 3.38. The van der Waals surface area contributed by atoms with Gasteiger partial charge in [0.05, 0.1) is 17.9 Å². The number of nitrogens with zero attached hydrogens (tertiary/aromatic N) is 2. The van der Waals surface area contributed by atoms with Gasteiger partial charge in [0, 0.05) is 12.6 Å². The molecule has 2 heterocycles. The number of rotatable bonds is 2. The molecular weight excluding hydrogens is 264 g/mol. The van der Waals surface area contributed by atoms with Crippen molar-refractivity contribution in [1.82, 2.24) is 15.8 Å². The monoisotopic (exact) mass is 284 g/mol. The predicted molar refractivity (Wildman–Crippen MR) is 78.6 cm³/mol. The second-order valence-electron chi connectivity index (χ2n) is 5.77. The van der Waals surface area contributed by atoms with Crippen molar-refractivity contribution in [2.75, 3.05) is 6.54 Å². The first-order valence-electron chi connectivity index (χ1n) is 7.45. The number of nitrogens with one attached hydrogen (secondary N) is 2. The van der Waals surface area contributed by atoms with Crippen LogP contribution in [0.3, 0.4) is 0 Å². The molecule has 4 atom stereocenters. The zero-order valence-corrected chi connectivity index (χ0v) is 12.3. The Morgan fingerprint density at radius 3 is 2.86 bits per heavy atom. The molecule has 5 heteroatoms. The molecule has 0 aromatic heterocycles. The minimum atomic E-state index is -0.241. The van der Waals surface area contributed by atoms with E-state index in [1.807, 2.05) is 19.1 Å². The minimum Gasteiger partial charge on any atom is -0.287 e. The van der Waals surface area contributed by atoms with E-state index in [0.29, 0.717) is 6.54 Å². The third kappa shape index (κ3) is 2.21. The molecule has 2 aliphatic heterocycles. The van der Waals surface area contributed by atoms with Gasteiger partial charge in [-0.1, -0.05) is 31.2 Å². The van der Waals surface area contributed by atoms with E-state index in [4.69, 9.17) is 0 Å². The van der Waals surface area contributed by atoms with Crippen LogP contribution in [0.2, 0.25) is 0 Å². The molecule has 1 aromatic carbocycles. The summed E-state index contributed by atoms with van der Waals surface area (Å²) in [6.45, 7) is 4.62. The highest BCUT2D eigenvalue weighted by atomic mass is 16.2. The summed E-state index contributed by atoms with van der Waals surface area (Å²) < 4.78 is 0. The van der Waals surface area contributed by atoms with E-state index in [2.05, 4.69) is 35.9 Å². The van der Waals surface area contributed by atoms with Crippen molar-refractivity contribution in [3.63, 3.8) is 0 Å². The molecule has 0 bridgehead atoms. The summed E-state index contributed by atoms with van der Waals surface area (Å²) in [4.78, 5) is 12.7. The molecule has 1 aromatic rings. The lowest BCUT2D eigenvalue weighted by molar-refractivity contribution is -0.147. The van der Waals surface area contributed by atoms with Gasteiger partial charge in [0.2, 0.25) is 5.91 Å². The minimum absolute atomic E-state index is 0.0271. The van der Waals surface area contributed by atoms with E-state index >= 15 is 0 Å². The van der Waals surface area contributed by atoms with Crippen molar-refractivity contribution in [3.05, 3.63) is 35.4 Å². The van der Waals surface area contributed by atoms with E-state index in [0.717, 1.165) is 12.0 Å². The number of carbonyl (C=O) groups excluding carboxylic acids is 1. The maximum absolute atomic E-state index is 12.7. The lowest BCUT2D eigenvalue weighted by atomic mass is 9.85. The molecule has 0 spiro atoms. The van der Waals surface area contributed by atoms with E-state index in [1.165, 1.54) is 5.56 Å². The molecule has 4 unspecified atom stereocenters. The quantitative estimate of drug-likeness (QED) is 0.863. The average Bonchev–Trinajstić information content (AvgIpc) is 2.91. The highest BCUT2D eigenvalue weighted by molar-refractivity contribution is 5.81. The van der Waals surface area contributed by atoms with Crippen molar-refractivity contribution in [2.24, 2.45) is 11.8 Å². The number of amides is 1. The number of nitriles is 1. The van der Waals surface area contributed by atoms with Gasteiger partial charge in [-0.2, -0.15) is 5.26 Å². The Kier molecular flexibility index (Phi) is 3.66. The Labute approximate surface area is 124 Å². The molecular formula is C16H20N4O.